The lowest BCUT2D eigenvalue weighted by molar-refractivity contribution is 0.135. The minimum atomic E-state index is 0.0610. The van der Waals surface area contributed by atoms with E-state index in [1.54, 1.807) is 0 Å². The number of benzene rings is 2. The van der Waals surface area contributed by atoms with Gasteiger partial charge in [0.25, 0.3) is 0 Å². The number of carbonyl (C=O) groups is 1. The maximum Gasteiger partial charge on any atom is 0.317 e. The zero-order chi connectivity index (χ0) is 17.5. The Morgan fingerprint density at radius 1 is 0.920 bits per heavy atom. The highest BCUT2D eigenvalue weighted by molar-refractivity contribution is 5.74. The molecule has 1 saturated heterocycles. The summed E-state index contributed by atoms with van der Waals surface area (Å²) in [5.41, 5.74) is 3.89. The van der Waals surface area contributed by atoms with Gasteiger partial charge in [0.2, 0.25) is 0 Å². The van der Waals surface area contributed by atoms with Gasteiger partial charge in [0, 0.05) is 39.3 Å². The minimum Gasteiger partial charge on any atom is -0.338 e. The first-order valence-electron chi connectivity index (χ1n) is 9.05. The van der Waals surface area contributed by atoms with E-state index in [0.29, 0.717) is 6.54 Å². The molecule has 4 heteroatoms. The third-order valence-corrected chi connectivity index (χ3v) is 4.72. The molecule has 1 fully saturated rings. The molecular weight excluding hydrogens is 310 g/mol. The SMILES string of the molecule is Cc1ccc(CN2CCN(C(=O)NCCc3ccccc3)CC2)cc1. The van der Waals surface area contributed by atoms with E-state index in [1.165, 1.54) is 16.7 Å². The van der Waals surface area contributed by atoms with E-state index in [0.717, 1.165) is 39.1 Å². The maximum absolute atomic E-state index is 12.3. The molecule has 0 aromatic heterocycles. The Morgan fingerprint density at radius 3 is 2.28 bits per heavy atom. The fourth-order valence-corrected chi connectivity index (χ4v) is 3.13. The van der Waals surface area contributed by atoms with Gasteiger partial charge in [-0.25, -0.2) is 4.79 Å². The highest BCUT2D eigenvalue weighted by Gasteiger charge is 2.20. The quantitative estimate of drug-likeness (QED) is 0.910. The standard InChI is InChI=1S/C21H27N3O/c1-18-7-9-20(10-8-18)17-23-13-15-24(16-14-23)21(25)22-12-11-19-5-3-2-4-6-19/h2-10H,11-17H2,1H3,(H,22,25). The van der Waals surface area contributed by atoms with Crippen molar-refractivity contribution in [2.24, 2.45) is 0 Å². The van der Waals surface area contributed by atoms with Gasteiger partial charge in [-0.3, -0.25) is 4.90 Å². The minimum absolute atomic E-state index is 0.0610. The molecule has 132 valence electrons. The molecule has 2 aromatic rings. The first-order valence-corrected chi connectivity index (χ1v) is 9.05. The average molecular weight is 337 g/mol. The molecule has 0 aliphatic carbocycles. The molecule has 0 bridgehead atoms. The van der Waals surface area contributed by atoms with E-state index in [-0.39, 0.29) is 6.03 Å². The molecule has 2 amide bonds. The van der Waals surface area contributed by atoms with Crippen molar-refractivity contribution in [3.63, 3.8) is 0 Å². The monoisotopic (exact) mass is 337 g/mol. The number of aryl methyl sites for hydroxylation is 1. The zero-order valence-corrected chi connectivity index (χ0v) is 14.9. The summed E-state index contributed by atoms with van der Waals surface area (Å²) in [5, 5.41) is 3.04. The molecule has 1 aliphatic heterocycles. The third-order valence-electron chi connectivity index (χ3n) is 4.72. The van der Waals surface area contributed by atoms with Crippen LogP contribution in [0.25, 0.3) is 0 Å². The van der Waals surface area contributed by atoms with Crippen molar-refractivity contribution in [1.29, 1.82) is 0 Å². The molecular formula is C21H27N3O. The van der Waals surface area contributed by atoms with Gasteiger partial charge in [-0.2, -0.15) is 0 Å². The number of amides is 2. The van der Waals surface area contributed by atoms with Crippen LogP contribution in [0.2, 0.25) is 0 Å². The summed E-state index contributed by atoms with van der Waals surface area (Å²) in [6.07, 6.45) is 0.875. The van der Waals surface area contributed by atoms with Crippen molar-refractivity contribution >= 4 is 6.03 Å². The summed E-state index contributed by atoms with van der Waals surface area (Å²) < 4.78 is 0. The van der Waals surface area contributed by atoms with Crippen molar-refractivity contribution in [3.05, 3.63) is 71.3 Å². The number of hydrogen-bond donors (Lipinski definition) is 1. The number of nitrogens with zero attached hydrogens (tertiary/aromatic N) is 2. The van der Waals surface area contributed by atoms with Crippen LogP contribution in [0.3, 0.4) is 0 Å². The van der Waals surface area contributed by atoms with Gasteiger partial charge in [0.05, 0.1) is 0 Å². The highest BCUT2D eigenvalue weighted by Crippen LogP contribution is 2.10. The lowest BCUT2D eigenvalue weighted by Crippen LogP contribution is -2.51. The highest BCUT2D eigenvalue weighted by atomic mass is 16.2. The second-order valence-electron chi connectivity index (χ2n) is 6.72. The van der Waals surface area contributed by atoms with Crippen LogP contribution >= 0.6 is 0 Å². The predicted molar refractivity (Wildman–Crippen MR) is 102 cm³/mol. The van der Waals surface area contributed by atoms with E-state index < -0.39 is 0 Å². The lowest BCUT2D eigenvalue weighted by atomic mass is 10.1. The fourth-order valence-electron chi connectivity index (χ4n) is 3.13. The van der Waals surface area contributed by atoms with Crippen LogP contribution in [0.5, 0.6) is 0 Å². The van der Waals surface area contributed by atoms with Gasteiger partial charge in [0.15, 0.2) is 0 Å². The Morgan fingerprint density at radius 2 is 1.60 bits per heavy atom. The van der Waals surface area contributed by atoms with Gasteiger partial charge >= 0.3 is 6.03 Å². The van der Waals surface area contributed by atoms with E-state index in [1.807, 2.05) is 23.1 Å². The number of hydrogen-bond acceptors (Lipinski definition) is 2. The van der Waals surface area contributed by atoms with Crippen LogP contribution in [-0.2, 0) is 13.0 Å². The Labute approximate surface area is 150 Å². The normalized spacial score (nSPS) is 15.2. The molecule has 4 nitrogen and oxygen atoms in total. The molecule has 1 heterocycles. The summed E-state index contributed by atoms with van der Waals surface area (Å²) in [7, 11) is 0. The summed E-state index contributed by atoms with van der Waals surface area (Å²) in [6.45, 7) is 7.21. The van der Waals surface area contributed by atoms with Gasteiger partial charge in [0.1, 0.15) is 0 Å². The number of rotatable bonds is 5. The Balaban J connectivity index is 1.38. The summed E-state index contributed by atoms with van der Waals surface area (Å²) in [4.78, 5) is 16.6. The van der Waals surface area contributed by atoms with Gasteiger partial charge in [-0.1, -0.05) is 60.2 Å². The topological polar surface area (TPSA) is 35.6 Å². The van der Waals surface area contributed by atoms with Gasteiger partial charge in [-0.15, -0.1) is 0 Å². The zero-order valence-electron chi connectivity index (χ0n) is 14.9. The molecule has 0 radical (unpaired) electrons. The summed E-state index contributed by atoms with van der Waals surface area (Å²) >= 11 is 0. The predicted octanol–water partition coefficient (Wildman–Crippen LogP) is 3.06. The number of urea groups is 1. The summed E-state index contributed by atoms with van der Waals surface area (Å²) in [6, 6.07) is 19.0. The molecule has 0 unspecified atom stereocenters. The smallest absolute Gasteiger partial charge is 0.317 e. The van der Waals surface area contributed by atoms with Gasteiger partial charge in [-0.05, 0) is 24.5 Å². The first-order chi connectivity index (χ1) is 12.2. The first kappa shape index (κ1) is 17.5. The van der Waals surface area contributed by atoms with E-state index in [9.17, 15) is 4.79 Å². The van der Waals surface area contributed by atoms with Gasteiger partial charge < -0.3 is 10.2 Å². The van der Waals surface area contributed by atoms with E-state index in [4.69, 9.17) is 0 Å². The average Bonchev–Trinajstić information content (AvgIpc) is 2.65. The van der Waals surface area contributed by atoms with Crippen molar-refractivity contribution in [2.45, 2.75) is 19.9 Å². The largest absolute Gasteiger partial charge is 0.338 e. The molecule has 0 spiro atoms. The van der Waals surface area contributed by atoms with E-state index >= 15 is 0 Å². The van der Waals surface area contributed by atoms with Crippen molar-refractivity contribution in [2.75, 3.05) is 32.7 Å². The molecule has 1 N–H and O–H groups in total. The number of carbonyl (C=O) groups excluding carboxylic acids is 1. The second kappa shape index (κ2) is 8.67. The molecule has 2 aromatic carbocycles. The van der Waals surface area contributed by atoms with Crippen LogP contribution in [0.4, 0.5) is 4.79 Å². The second-order valence-corrected chi connectivity index (χ2v) is 6.72. The molecule has 3 rings (SSSR count). The third kappa shape index (κ3) is 5.33. The van der Waals surface area contributed by atoms with Crippen molar-refractivity contribution in [3.8, 4) is 0 Å². The Kier molecular flexibility index (Phi) is 6.07. The van der Waals surface area contributed by atoms with Crippen LogP contribution < -0.4 is 5.32 Å². The summed E-state index contributed by atoms with van der Waals surface area (Å²) in [5.74, 6) is 0. The fraction of sp³-hybridized carbons (Fsp3) is 0.381. The van der Waals surface area contributed by atoms with Crippen LogP contribution in [-0.4, -0.2) is 48.6 Å². The van der Waals surface area contributed by atoms with Crippen molar-refractivity contribution < 1.29 is 4.79 Å². The Bertz CT molecular complexity index is 661. The van der Waals surface area contributed by atoms with E-state index in [2.05, 4.69) is 53.5 Å². The molecule has 0 saturated carbocycles. The maximum atomic E-state index is 12.3. The van der Waals surface area contributed by atoms with Crippen LogP contribution in [0.15, 0.2) is 54.6 Å². The molecule has 1 aliphatic rings. The lowest BCUT2D eigenvalue weighted by Gasteiger charge is -2.34. The molecule has 25 heavy (non-hydrogen) atoms. The van der Waals surface area contributed by atoms with Crippen LogP contribution in [0, 0.1) is 6.92 Å². The van der Waals surface area contributed by atoms with Crippen molar-refractivity contribution in [1.82, 2.24) is 15.1 Å². The van der Waals surface area contributed by atoms with Crippen LogP contribution in [0.1, 0.15) is 16.7 Å². The number of piperazine rings is 1. The number of nitrogens with one attached hydrogen (secondary N) is 1. The molecule has 0 atom stereocenters. The Hall–Kier alpha value is -2.33.